The fraction of sp³-hybridized carbons (Fsp3) is 0.345. The molecule has 40 heavy (non-hydrogen) atoms. The van der Waals surface area contributed by atoms with E-state index in [0.717, 1.165) is 35.1 Å². The molecule has 11 heteroatoms. The predicted molar refractivity (Wildman–Crippen MR) is 155 cm³/mol. The molecule has 3 aromatic carbocycles. The maximum absolute atomic E-state index is 14.0. The van der Waals surface area contributed by atoms with Gasteiger partial charge >= 0.3 is 0 Å². The van der Waals surface area contributed by atoms with Gasteiger partial charge in [-0.25, -0.2) is 8.42 Å². The van der Waals surface area contributed by atoms with Gasteiger partial charge in [0.1, 0.15) is 12.3 Å². The lowest BCUT2D eigenvalue weighted by Crippen LogP contribution is -2.41. The number of ether oxygens (including phenoxy) is 3. The van der Waals surface area contributed by atoms with Gasteiger partial charge in [0.2, 0.25) is 5.91 Å². The zero-order chi connectivity index (χ0) is 28.7. The van der Waals surface area contributed by atoms with Crippen LogP contribution in [0.2, 0.25) is 5.02 Å². The number of methoxy groups -OCH3 is 3. The van der Waals surface area contributed by atoms with Crippen molar-refractivity contribution in [2.45, 2.75) is 30.8 Å². The summed E-state index contributed by atoms with van der Waals surface area (Å²) < 4.78 is 45.0. The first-order chi connectivity index (χ1) is 19.3. The third-order valence-electron chi connectivity index (χ3n) is 6.83. The number of sulfonamides is 1. The van der Waals surface area contributed by atoms with Gasteiger partial charge in [-0.2, -0.15) is 0 Å². The SMILES string of the molecule is COc1ccc(S(=O)(=O)N(CC(=O)NCc2ccccc2CN2CCCC2)c2cc(Cl)ccc2OC)cc1OC. The van der Waals surface area contributed by atoms with Crippen LogP contribution in [0.5, 0.6) is 17.2 Å². The molecule has 1 heterocycles. The molecule has 1 saturated heterocycles. The van der Waals surface area contributed by atoms with Crippen molar-refractivity contribution in [1.82, 2.24) is 10.2 Å². The number of benzene rings is 3. The van der Waals surface area contributed by atoms with E-state index in [1.807, 2.05) is 18.2 Å². The van der Waals surface area contributed by atoms with E-state index in [4.69, 9.17) is 25.8 Å². The number of anilines is 1. The summed E-state index contributed by atoms with van der Waals surface area (Å²) in [4.78, 5) is 15.6. The zero-order valence-electron chi connectivity index (χ0n) is 22.9. The molecule has 3 aromatic rings. The Hall–Kier alpha value is -3.47. The first-order valence-corrected chi connectivity index (χ1v) is 14.7. The van der Waals surface area contributed by atoms with Gasteiger partial charge in [0, 0.05) is 24.2 Å². The molecule has 0 radical (unpaired) electrons. The van der Waals surface area contributed by atoms with Gasteiger partial charge in [0.05, 0.1) is 31.9 Å². The van der Waals surface area contributed by atoms with Crippen LogP contribution in [0.15, 0.2) is 65.6 Å². The van der Waals surface area contributed by atoms with Crippen LogP contribution in [-0.2, 0) is 27.9 Å². The monoisotopic (exact) mass is 587 g/mol. The van der Waals surface area contributed by atoms with E-state index in [1.165, 1.54) is 58.4 Å². The number of likely N-dealkylation sites (tertiary alicyclic amines) is 1. The van der Waals surface area contributed by atoms with Crippen molar-refractivity contribution >= 4 is 33.2 Å². The summed E-state index contributed by atoms with van der Waals surface area (Å²) in [6.07, 6.45) is 2.38. The van der Waals surface area contributed by atoms with Crippen LogP contribution in [0, 0.1) is 0 Å². The number of halogens is 1. The summed E-state index contributed by atoms with van der Waals surface area (Å²) >= 11 is 6.25. The molecule has 4 rings (SSSR count). The van der Waals surface area contributed by atoms with E-state index in [1.54, 1.807) is 12.1 Å². The quantitative estimate of drug-likeness (QED) is 0.334. The molecule has 0 saturated carbocycles. The maximum atomic E-state index is 14.0. The minimum atomic E-state index is -4.27. The number of carbonyl (C=O) groups is 1. The van der Waals surface area contributed by atoms with Crippen molar-refractivity contribution < 1.29 is 27.4 Å². The average Bonchev–Trinajstić information content (AvgIpc) is 3.48. The first-order valence-electron chi connectivity index (χ1n) is 12.9. The van der Waals surface area contributed by atoms with Gasteiger partial charge in [-0.1, -0.05) is 35.9 Å². The predicted octanol–water partition coefficient (Wildman–Crippen LogP) is 4.47. The Morgan fingerprint density at radius 1 is 0.900 bits per heavy atom. The van der Waals surface area contributed by atoms with Crippen LogP contribution in [0.1, 0.15) is 24.0 Å². The Morgan fingerprint density at radius 3 is 2.23 bits per heavy atom. The minimum absolute atomic E-state index is 0.0871. The molecule has 0 aliphatic carbocycles. The van der Waals surface area contributed by atoms with Gasteiger partial charge in [0.15, 0.2) is 11.5 Å². The molecule has 1 fully saturated rings. The summed E-state index contributed by atoms with van der Waals surface area (Å²) in [7, 11) is 0.0294. The van der Waals surface area contributed by atoms with Gasteiger partial charge < -0.3 is 19.5 Å². The second-order valence-electron chi connectivity index (χ2n) is 9.37. The lowest BCUT2D eigenvalue weighted by Gasteiger charge is -2.26. The lowest BCUT2D eigenvalue weighted by molar-refractivity contribution is -0.119. The highest BCUT2D eigenvalue weighted by Crippen LogP contribution is 2.37. The third-order valence-corrected chi connectivity index (χ3v) is 8.82. The third kappa shape index (κ3) is 6.80. The van der Waals surface area contributed by atoms with Gasteiger partial charge in [0.25, 0.3) is 10.0 Å². The molecule has 1 aliphatic rings. The van der Waals surface area contributed by atoms with E-state index in [-0.39, 0.29) is 28.6 Å². The Kier molecular flexibility index (Phi) is 9.78. The van der Waals surface area contributed by atoms with Gasteiger partial charge in [-0.05, 0) is 67.4 Å². The minimum Gasteiger partial charge on any atom is -0.495 e. The summed E-state index contributed by atoms with van der Waals surface area (Å²) in [5.74, 6) is 0.374. The molecular weight excluding hydrogens is 554 g/mol. The number of hydrogen-bond donors (Lipinski definition) is 1. The van der Waals surface area contributed by atoms with Crippen molar-refractivity contribution in [3.8, 4) is 17.2 Å². The van der Waals surface area contributed by atoms with Crippen LogP contribution in [-0.4, -0.2) is 60.2 Å². The molecule has 1 N–H and O–H groups in total. The fourth-order valence-corrected chi connectivity index (χ4v) is 6.31. The second-order valence-corrected chi connectivity index (χ2v) is 11.7. The standard InChI is InChI=1S/C29H34ClN3O6S/c1-37-26-12-10-23(30)16-25(26)33(40(35,36)24-11-13-27(38-2)28(17-24)39-3)20-29(34)31-18-21-8-4-5-9-22(21)19-32-14-6-7-15-32/h4-5,8-13,16-17H,6-7,14-15,18-20H2,1-3H3,(H,31,34). The summed E-state index contributed by atoms with van der Waals surface area (Å²) in [5, 5.41) is 3.19. The average molecular weight is 588 g/mol. The second kappa shape index (κ2) is 13.3. The van der Waals surface area contributed by atoms with Crippen LogP contribution in [0.25, 0.3) is 0 Å². The molecule has 1 amide bonds. The molecule has 0 atom stereocenters. The molecule has 0 unspecified atom stereocenters. The summed E-state index contributed by atoms with van der Waals surface area (Å²) in [6.45, 7) is 2.70. The van der Waals surface area contributed by atoms with Crippen molar-refractivity contribution in [3.05, 3.63) is 76.8 Å². The van der Waals surface area contributed by atoms with Crippen molar-refractivity contribution in [2.24, 2.45) is 0 Å². The molecule has 9 nitrogen and oxygen atoms in total. The Balaban J connectivity index is 1.62. The highest BCUT2D eigenvalue weighted by molar-refractivity contribution is 7.92. The smallest absolute Gasteiger partial charge is 0.265 e. The van der Waals surface area contributed by atoms with E-state index in [2.05, 4.69) is 16.3 Å². The number of nitrogens with one attached hydrogen (secondary N) is 1. The normalized spacial score (nSPS) is 13.6. The molecule has 214 valence electrons. The topological polar surface area (TPSA) is 97.4 Å². The summed E-state index contributed by atoms with van der Waals surface area (Å²) in [5.41, 5.74) is 2.25. The maximum Gasteiger partial charge on any atom is 0.265 e. The molecule has 0 aromatic heterocycles. The van der Waals surface area contributed by atoms with Crippen LogP contribution >= 0.6 is 11.6 Å². The van der Waals surface area contributed by atoms with E-state index in [9.17, 15) is 13.2 Å². The Morgan fingerprint density at radius 2 is 1.55 bits per heavy atom. The van der Waals surface area contributed by atoms with Crippen LogP contribution < -0.4 is 23.8 Å². The van der Waals surface area contributed by atoms with Crippen molar-refractivity contribution in [1.29, 1.82) is 0 Å². The highest BCUT2D eigenvalue weighted by atomic mass is 35.5. The van der Waals surface area contributed by atoms with Crippen LogP contribution in [0.3, 0.4) is 0 Å². The molecule has 0 spiro atoms. The fourth-order valence-electron chi connectivity index (χ4n) is 4.71. The number of carbonyl (C=O) groups excluding carboxylic acids is 1. The molecule has 1 aliphatic heterocycles. The highest BCUT2D eigenvalue weighted by Gasteiger charge is 2.31. The molecular formula is C29H34ClN3O6S. The van der Waals surface area contributed by atoms with Crippen molar-refractivity contribution in [3.63, 3.8) is 0 Å². The largest absolute Gasteiger partial charge is 0.495 e. The zero-order valence-corrected chi connectivity index (χ0v) is 24.4. The Labute approximate surface area is 240 Å². The van der Waals surface area contributed by atoms with E-state index in [0.29, 0.717) is 10.8 Å². The van der Waals surface area contributed by atoms with Gasteiger partial charge in [-0.15, -0.1) is 0 Å². The van der Waals surface area contributed by atoms with E-state index < -0.39 is 22.5 Å². The van der Waals surface area contributed by atoms with Crippen molar-refractivity contribution in [2.75, 3.05) is 45.3 Å². The number of hydrogen-bond acceptors (Lipinski definition) is 7. The lowest BCUT2D eigenvalue weighted by atomic mass is 10.1. The molecule has 0 bridgehead atoms. The summed E-state index contributed by atoms with van der Waals surface area (Å²) in [6, 6.07) is 16.8. The first kappa shape index (κ1) is 29.5. The van der Waals surface area contributed by atoms with Gasteiger partial charge in [-0.3, -0.25) is 14.0 Å². The number of nitrogens with zero attached hydrogens (tertiary/aromatic N) is 2. The number of amides is 1. The Bertz CT molecular complexity index is 1440. The number of rotatable bonds is 12. The van der Waals surface area contributed by atoms with Crippen LogP contribution in [0.4, 0.5) is 5.69 Å². The van der Waals surface area contributed by atoms with E-state index >= 15 is 0 Å².